The van der Waals surface area contributed by atoms with Crippen LogP contribution in [0.5, 0.6) is 0 Å². The molecule has 8 heteroatoms. The van der Waals surface area contributed by atoms with Crippen LogP contribution in [0.25, 0.3) is 0 Å². The number of amides is 1. The van der Waals surface area contributed by atoms with Crippen LogP contribution in [0.3, 0.4) is 0 Å². The van der Waals surface area contributed by atoms with E-state index in [0.29, 0.717) is 0 Å². The van der Waals surface area contributed by atoms with Crippen molar-refractivity contribution in [3.05, 3.63) is 0 Å². The first-order valence-electron chi connectivity index (χ1n) is 1.94. The molecule has 1 aliphatic heterocycles. The number of carbonyl (C=O) groups excluding carboxylic acids is 1. The smallest absolute Gasteiger partial charge is 0.261 e. The number of rotatable bonds is 0. The zero-order valence-electron chi connectivity index (χ0n) is 4.21. The quantitative estimate of drug-likeness (QED) is 0.483. The van der Waals surface area contributed by atoms with Gasteiger partial charge in [0.15, 0.2) is 0 Å². The SMILES string of the molecule is O=C(N1OS1=O)C(F)(F)F. The van der Waals surface area contributed by atoms with E-state index >= 15 is 0 Å². The molecule has 0 saturated carbocycles. The minimum atomic E-state index is -5.01. The van der Waals surface area contributed by atoms with Gasteiger partial charge in [-0.2, -0.15) is 13.2 Å². The summed E-state index contributed by atoms with van der Waals surface area (Å²) in [5.41, 5.74) is 0. The highest BCUT2D eigenvalue weighted by atomic mass is 32.2. The molecule has 0 spiro atoms. The van der Waals surface area contributed by atoms with E-state index in [0.717, 1.165) is 0 Å². The van der Waals surface area contributed by atoms with Crippen molar-refractivity contribution in [3.8, 4) is 0 Å². The zero-order chi connectivity index (χ0) is 7.94. The van der Waals surface area contributed by atoms with E-state index in [4.69, 9.17) is 0 Å². The lowest BCUT2D eigenvalue weighted by atomic mass is 10.6. The van der Waals surface area contributed by atoms with Crippen molar-refractivity contribution in [2.45, 2.75) is 6.18 Å². The molecule has 1 unspecified atom stereocenters. The highest BCUT2D eigenvalue weighted by molar-refractivity contribution is 7.83. The molecular weight excluding hydrogens is 175 g/mol. The van der Waals surface area contributed by atoms with Gasteiger partial charge >= 0.3 is 23.3 Å². The Bertz CT molecular complexity index is 200. The second kappa shape index (κ2) is 1.92. The van der Waals surface area contributed by atoms with E-state index in [1.54, 1.807) is 0 Å². The Morgan fingerprint density at radius 1 is 1.50 bits per heavy atom. The van der Waals surface area contributed by atoms with Crippen molar-refractivity contribution in [3.63, 3.8) is 0 Å². The van der Waals surface area contributed by atoms with Gasteiger partial charge in [-0.3, -0.25) is 4.79 Å². The third kappa shape index (κ3) is 1.27. The molecule has 0 aromatic rings. The number of hydrogen-bond acceptors (Lipinski definition) is 3. The van der Waals surface area contributed by atoms with Crippen LogP contribution in [0.4, 0.5) is 13.2 Å². The normalized spacial score (nSPS) is 24.7. The minimum Gasteiger partial charge on any atom is -0.261 e. The van der Waals surface area contributed by atoms with Gasteiger partial charge in [-0.15, -0.1) is 4.28 Å². The number of halogens is 3. The van der Waals surface area contributed by atoms with Crippen molar-refractivity contribution in [1.82, 2.24) is 4.47 Å². The van der Waals surface area contributed by atoms with E-state index in [1.807, 2.05) is 0 Å². The average Bonchev–Trinajstić information content (AvgIpc) is 2.42. The van der Waals surface area contributed by atoms with Gasteiger partial charge in [0, 0.05) is 0 Å². The van der Waals surface area contributed by atoms with E-state index in [-0.39, 0.29) is 4.47 Å². The van der Waals surface area contributed by atoms with Gasteiger partial charge in [-0.05, 0) is 0 Å². The van der Waals surface area contributed by atoms with Crippen LogP contribution in [-0.4, -0.2) is 20.8 Å². The van der Waals surface area contributed by atoms with E-state index in [2.05, 4.69) is 4.28 Å². The van der Waals surface area contributed by atoms with Crippen LogP contribution >= 0.6 is 0 Å². The summed E-state index contributed by atoms with van der Waals surface area (Å²) in [6, 6.07) is 0. The topological polar surface area (TPSA) is 49.7 Å². The molecule has 0 aromatic carbocycles. The largest absolute Gasteiger partial charge is 0.474 e. The standard InChI is InChI=1S/C2F3NO3S/c3-2(4,5)1(7)6-9-10(6)8. The first-order chi connectivity index (χ1) is 4.43. The van der Waals surface area contributed by atoms with Crippen LogP contribution in [-0.2, 0) is 20.3 Å². The Morgan fingerprint density at radius 3 is 2.00 bits per heavy atom. The summed E-state index contributed by atoms with van der Waals surface area (Å²) >= 11 is -2.21. The van der Waals surface area contributed by atoms with Gasteiger partial charge in [-0.1, -0.05) is 4.47 Å². The van der Waals surface area contributed by atoms with Crippen molar-refractivity contribution < 1.29 is 26.5 Å². The number of hydroxylamine groups is 1. The molecule has 0 bridgehead atoms. The first kappa shape index (κ1) is 7.48. The van der Waals surface area contributed by atoms with Gasteiger partial charge < -0.3 is 0 Å². The molecule has 58 valence electrons. The summed E-state index contributed by atoms with van der Waals surface area (Å²) in [5, 5.41) is 0. The van der Waals surface area contributed by atoms with Gasteiger partial charge in [-0.25, -0.2) is 4.21 Å². The van der Waals surface area contributed by atoms with Crippen LogP contribution < -0.4 is 0 Å². The molecule has 1 rings (SSSR count). The first-order valence-corrected chi connectivity index (χ1v) is 2.97. The molecule has 1 heterocycles. The fourth-order valence-corrected chi connectivity index (χ4v) is 0.719. The number of hydrogen-bond donors (Lipinski definition) is 0. The Kier molecular flexibility index (Phi) is 1.44. The summed E-state index contributed by atoms with van der Waals surface area (Å²) in [5.74, 6) is -2.24. The molecule has 0 N–H and O–H groups in total. The summed E-state index contributed by atoms with van der Waals surface area (Å²) < 4.78 is 47.2. The molecule has 0 aliphatic carbocycles. The minimum absolute atomic E-state index is 0.250. The average molecular weight is 175 g/mol. The van der Waals surface area contributed by atoms with E-state index in [1.165, 1.54) is 0 Å². The van der Waals surface area contributed by atoms with Gasteiger partial charge in [0.2, 0.25) is 0 Å². The van der Waals surface area contributed by atoms with Gasteiger partial charge in [0.1, 0.15) is 0 Å². The monoisotopic (exact) mass is 175 g/mol. The summed E-state index contributed by atoms with van der Waals surface area (Å²) in [7, 11) is 0. The fraction of sp³-hybridized carbons (Fsp3) is 0.500. The maximum atomic E-state index is 11.3. The lowest BCUT2D eigenvalue weighted by Crippen LogP contribution is -2.29. The molecule has 1 amide bonds. The Balaban J connectivity index is 2.59. The highest BCUT2D eigenvalue weighted by Gasteiger charge is 2.53. The predicted octanol–water partition coefficient (Wildman–Crippen LogP) is -0.0988. The fourth-order valence-electron chi connectivity index (χ4n) is 0.249. The molecule has 4 nitrogen and oxygen atoms in total. The van der Waals surface area contributed by atoms with Crippen LogP contribution in [0, 0.1) is 0 Å². The van der Waals surface area contributed by atoms with Gasteiger partial charge in [0.25, 0.3) is 0 Å². The Morgan fingerprint density at radius 2 is 1.90 bits per heavy atom. The van der Waals surface area contributed by atoms with Crippen molar-refractivity contribution in [1.29, 1.82) is 0 Å². The van der Waals surface area contributed by atoms with Crippen LogP contribution in [0.2, 0.25) is 0 Å². The lowest BCUT2D eigenvalue weighted by Gasteiger charge is -1.98. The van der Waals surface area contributed by atoms with Crippen molar-refractivity contribution >= 4 is 17.2 Å². The molecule has 1 saturated heterocycles. The number of nitrogens with zero attached hydrogens (tertiary/aromatic N) is 1. The van der Waals surface area contributed by atoms with Gasteiger partial charge in [0.05, 0.1) is 0 Å². The van der Waals surface area contributed by atoms with Crippen LogP contribution in [0.1, 0.15) is 0 Å². The molecule has 10 heavy (non-hydrogen) atoms. The van der Waals surface area contributed by atoms with Crippen molar-refractivity contribution in [2.75, 3.05) is 0 Å². The second-order valence-corrected chi connectivity index (χ2v) is 2.27. The predicted molar refractivity (Wildman–Crippen MR) is 22.1 cm³/mol. The van der Waals surface area contributed by atoms with Crippen molar-refractivity contribution in [2.24, 2.45) is 0 Å². The third-order valence-corrected chi connectivity index (χ3v) is 1.32. The molecule has 1 aliphatic rings. The van der Waals surface area contributed by atoms with E-state index in [9.17, 15) is 22.2 Å². The highest BCUT2D eigenvalue weighted by Crippen LogP contribution is 2.26. The second-order valence-electron chi connectivity index (χ2n) is 1.35. The molecule has 1 fully saturated rings. The summed E-state index contributed by atoms with van der Waals surface area (Å²) in [6.07, 6.45) is -5.01. The summed E-state index contributed by atoms with van der Waals surface area (Å²) in [4.78, 5) is 9.92. The molecular formula is C2F3NO3S. The summed E-state index contributed by atoms with van der Waals surface area (Å²) in [6.45, 7) is 0. The number of alkyl halides is 3. The maximum Gasteiger partial charge on any atom is 0.474 e. The molecule has 0 aromatic heterocycles. The van der Waals surface area contributed by atoms with E-state index < -0.39 is 23.3 Å². The third-order valence-electron chi connectivity index (χ3n) is 0.656. The molecule has 1 atom stereocenters. The number of carbonyl (C=O) groups is 1. The van der Waals surface area contributed by atoms with Crippen LogP contribution in [0.15, 0.2) is 0 Å². The maximum absolute atomic E-state index is 11.3. The molecule has 0 radical (unpaired) electrons. The Labute approximate surface area is 55.3 Å². The zero-order valence-corrected chi connectivity index (χ0v) is 5.03. The Hall–Kier alpha value is -0.630. The lowest BCUT2D eigenvalue weighted by molar-refractivity contribution is -0.185.